The van der Waals surface area contributed by atoms with Crippen molar-refractivity contribution in [1.82, 2.24) is 9.80 Å². The first-order chi connectivity index (χ1) is 14.0. The van der Waals surface area contributed by atoms with Gasteiger partial charge in [-0.2, -0.15) is 0 Å². The van der Waals surface area contributed by atoms with Gasteiger partial charge in [-0.05, 0) is 30.7 Å². The number of rotatable bonds is 6. The van der Waals surface area contributed by atoms with E-state index < -0.39 is 0 Å². The fourth-order valence-corrected chi connectivity index (χ4v) is 3.55. The standard InChI is InChI=1S/C22H27FN2O4/c1-15-5-6-16(13-18(15)23)22(26)25-11-9-24(10-12-25)14-17-7-8-19(27-2)21(29-4)20(17)28-3/h5-8,13H,9-12,14H2,1-4H3. The van der Waals surface area contributed by atoms with Gasteiger partial charge in [-0.1, -0.05) is 12.1 Å². The number of carbonyl (C=O) groups is 1. The van der Waals surface area contributed by atoms with E-state index in [2.05, 4.69) is 4.90 Å². The number of piperazine rings is 1. The Morgan fingerprint density at radius 2 is 1.66 bits per heavy atom. The molecule has 1 amide bonds. The summed E-state index contributed by atoms with van der Waals surface area (Å²) in [6, 6.07) is 8.47. The smallest absolute Gasteiger partial charge is 0.254 e. The van der Waals surface area contributed by atoms with Gasteiger partial charge in [-0.25, -0.2) is 4.39 Å². The lowest BCUT2D eigenvalue weighted by molar-refractivity contribution is 0.0627. The quantitative estimate of drug-likeness (QED) is 0.743. The molecular weight excluding hydrogens is 375 g/mol. The van der Waals surface area contributed by atoms with E-state index in [0.29, 0.717) is 48.0 Å². The number of amides is 1. The number of aryl methyl sites for hydroxylation is 1. The van der Waals surface area contributed by atoms with Crippen LogP contribution in [-0.4, -0.2) is 63.2 Å². The highest BCUT2D eigenvalue weighted by atomic mass is 19.1. The topological polar surface area (TPSA) is 51.2 Å². The molecule has 1 aliphatic rings. The van der Waals surface area contributed by atoms with Crippen molar-refractivity contribution in [2.45, 2.75) is 13.5 Å². The molecule has 7 heteroatoms. The minimum atomic E-state index is -0.352. The molecule has 1 fully saturated rings. The molecule has 29 heavy (non-hydrogen) atoms. The second-order valence-corrected chi connectivity index (χ2v) is 7.03. The maximum atomic E-state index is 13.8. The lowest BCUT2D eigenvalue weighted by Gasteiger charge is -2.35. The maximum Gasteiger partial charge on any atom is 0.254 e. The number of halogens is 1. The summed E-state index contributed by atoms with van der Waals surface area (Å²) in [7, 11) is 4.79. The van der Waals surface area contributed by atoms with Crippen LogP contribution in [0.2, 0.25) is 0 Å². The van der Waals surface area contributed by atoms with Gasteiger partial charge < -0.3 is 19.1 Å². The number of benzene rings is 2. The molecule has 0 saturated carbocycles. The van der Waals surface area contributed by atoms with Crippen LogP contribution < -0.4 is 14.2 Å². The van der Waals surface area contributed by atoms with Crippen molar-refractivity contribution < 1.29 is 23.4 Å². The molecule has 1 saturated heterocycles. The third-order valence-electron chi connectivity index (χ3n) is 5.26. The molecule has 0 N–H and O–H groups in total. The highest BCUT2D eigenvalue weighted by Crippen LogP contribution is 2.40. The van der Waals surface area contributed by atoms with Gasteiger partial charge in [0.1, 0.15) is 5.82 Å². The molecule has 0 aliphatic carbocycles. The Labute approximate surface area is 170 Å². The normalized spacial score (nSPS) is 14.6. The maximum absolute atomic E-state index is 13.8. The molecule has 2 aromatic carbocycles. The summed E-state index contributed by atoms with van der Waals surface area (Å²) in [5.41, 5.74) is 1.92. The van der Waals surface area contributed by atoms with Crippen LogP contribution in [0, 0.1) is 12.7 Å². The van der Waals surface area contributed by atoms with E-state index in [-0.39, 0.29) is 11.7 Å². The predicted octanol–water partition coefficient (Wildman–Crippen LogP) is 3.12. The first-order valence-corrected chi connectivity index (χ1v) is 9.54. The van der Waals surface area contributed by atoms with Crippen LogP contribution in [0.5, 0.6) is 17.2 Å². The zero-order valence-corrected chi connectivity index (χ0v) is 17.3. The average molecular weight is 402 g/mol. The van der Waals surface area contributed by atoms with Crippen LogP contribution in [0.25, 0.3) is 0 Å². The Bertz CT molecular complexity index is 879. The molecule has 0 bridgehead atoms. The highest BCUT2D eigenvalue weighted by molar-refractivity contribution is 5.94. The molecule has 2 aromatic rings. The van der Waals surface area contributed by atoms with Crippen molar-refractivity contribution in [3.05, 3.63) is 52.8 Å². The predicted molar refractivity (Wildman–Crippen MR) is 108 cm³/mol. The molecule has 1 heterocycles. The minimum Gasteiger partial charge on any atom is -0.493 e. The molecule has 3 rings (SSSR count). The molecule has 0 radical (unpaired) electrons. The third-order valence-corrected chi connectivity index (χ3v) is 5.26. The summed E-state index contributed by atoms with van der Waals surface area (Å²) in [4.78, 5) is 16.7. The van der Waals surface area contributed by atoms with Crippen LogP contribution in [0.15, 0.2) is 30.3 Å². The summed E-state index contributed by atoms with van der Waals surface area (Å²) < 4.78 is 30.1. The molecule has 0 atom stereocenters. The molecule has 6 nitrogen and oxygen atoms in total. The van der Waals surface area contributed by atoms with Crippen LogP contribution in [0.1, 0.15) is 21.5 Å². The lowest BCUT2D eigenvalue weighted by atomic mass is 10.1. The summed E-state index contributed by atoms with van der Waals surface area (Å²) in [5.74, 6) is 1.36. The summed E-state index contributed by atoms with van der Waals surface area (Å²) >= 11 is 0. The molecule has 0 spiro atoms. The van der Waals surface area contributed by atoms with Crippen molar-refractivity contribution in [1.29, 1.82) is 0 Å². The second-order valence-electron chi connectivity index (χ2n) is 7.03. The number of ether oxygens (including phenoxy) is 3. The van der Waals surface area contributed by atoms with E-state index in [0.717, 1.165) is 18.7 Å². The second kappa shape index (κ2) is 9.13. The lowest BCUT2D eigenvalue weighted by Crippen LogP contribution is -2.48. The van der Waals surface area contributed by atoms with Gasteiger partial charge >= 0.3 is 0 Å². The van der Waals surface area contributed by atoms with Crippen molar-refractivity contribution in [3.63, 3.8) is 0 Å². The van der Waals surface area contributed by atoms with Crippen molar-refractivity contribution >= 4 is 5.91 Å². The van der Waals surface area contributed by atoms with Crippen molar-refractivity contribution in [2.75, 3.05) is 47.5 Å². The van der Waals surface area contributed by atoms with Crippen molar-refractivity contribution in [2.24, 2.45) is 0 Å². The van der Waals surface area contributed by atoms with E-state index in [1.54, 1.807) is 45.3 Å². The largest absolute Gasteiger partial charge is 0.493 e. The molecule has 0 unspecified atom stereocenters. The van der Waals surface area contributed by atoms with Gasteiger partial charge in [0.05, 0.1) is 21.3 Å². The minimum absolute atomic E-state index is 0.132. The average Bonchev–Trinajstić information content (AvgIpc) is 2.75. The SMILES string of the molecule is COc1ccc(CN2CCN(C(=O)c3ccc(C)c(F)c3)CC2)c(OC)c1OC. The zero-order chi connectivity index (χ0) is 21.0. The summed E-state index contributed by atoms with van der Waals surface area (Å²) in [6.45, 7) is 4.97. The van der Waals surface area contributed by atoms with Gasteiger partial charge in [-0.3, -0.25) is 9.69 Å². The highest BCUT2D eigenvalue weighted by Gasteiger charge is 2.24. The van der Waals surface area contributed by atoms with E-state index in [9.17, 15) is 9.18 Å². The van der Waals surface area contributed by atoms with E-state index in [4.69, 9.17) is 14.2 Å². The molecule has 0 aromatic heterocycles. The zero-order valence-electron chi connectivity index (χ0n) is 17.3. The van der Waals surface area contributed by atoms with E-state index >= 15 is 0 Å². The Hall–Kier alpha value is -2.80. The number of hydrogen-bond acceptors (Lipinski definition) is 5. The van der Waals surface area contributed by atoms with Crippen LogP contribution in [0.3, 0.4) is 0 Å². The van der Waals surface area contributed by atoms with Crippen LogP contribution in [-0.2, 0) is 6.54 Å². The fraction of sp³-hybridized carbons (Fsp3) is 0.409. The monoisotopic (exact) mass is 402 g/mol. The van der Waals surface area contributed by atoms with Crippen molar-refractivity contribution in [3.8, 4) is 17.2 Å². The first kappa shape index (κ1) is 20.9. The van der Waals surface area contributed by atoms with Gasteiger partial charge in [0.25, 0.3) is 5.91 Å². The van der Waals surface area contributed by atoms with Crippen LogP contribution in [0.4, 0.5) is 4.39 Å². The van der Waals surface area contributed by atoms with Crippen LogP contribution >= 0.6 is 0 Å². The Kier molecular flexibility index (Phi) is 6.59. The summed E-state index contributed by atoms with van der Waals surface area (Å²) in [5, 5.41) is 0. The van der Waals surface area contributed by atoms with Gasteiger partial charge in [0, 0.05) is 43.9 Å². The molecule has 156 valence electrons. The van der Waals surface area contributed by atoms with Gasteiger partial charge in [0.15, 0.2) is 11.5 Å². The number of carbonyl (C=O) groups excluding carboxylic acids is 1. The summed E-state index contributed by atoms with van der Waals surface area (Å²) in [6.07, 6.45) is 0. The Morgan fingerprint density at radius 1 is 0.966 bits per heavy atom. The number of hydrogen-bond donors (Lipinski definition) is 0. The number of methoxy groups -OCH3 is 3. The first-order valence-electron chi connectivity index (χ1n) is 9.54. The van der Waals surface area contributed by atoms with Gasteiger partial charge in [-0.15, -0.1) is 0 Å². The molecular formula is C22H27FN2O4. The fourth-order valence-electron chi connectivity index (χ4n) is 3.55. The van der Waals surface area contributed by atoms with Gasteiger partial charge in [0.2, 0.25) is 5.75 Å². The molecule has 1 aliphatic heterocycles. The number of nitrogens with zero attached hydrogens (tertiary/aromatic N) is 2. The van der Waals surface area contributed by atoms with E-state index in [1.165, 1.54) is 6.07 Å². The third kappa shape index (κ3) is 4.45. The Balaban J connectivity index is 1.65. The van der Waals surface area contributed by atoms with E-state index in [1.807, 2.05) is 12.1 Å². The Morgan fingerprint density at radius 3 is 2.24 bits per heavy atom.